The zero-order chi connectivity index (χ0) is 35.6. The Labute approximate surface area is 305 Å². The first-order valence-corrected chi connectivity index (χ1v) is 19.0. The number of hydrogen-bond acceptors (Lipinski definition) is 10. The molecule has 1 amide bonds. The van der Waals surface area contributed by atoms with Crippen LogP contribution in [0.15, 0.2) is 88.8 Å². The molecule has 0 spiro atoms. The van der Waals surface area contributed by atoms with Gasteiger partial charge in [0.25, 0.3) is 5.78 Å². The van der Waals surface area contributed by atoms with Gasteiger partial charge in [-0.1, -0.05) is 85.5 Å². The zero-order valence-electron chi connectivity index (χ0n) is 28.9. The highest BCUT2D eigenvalue weighted by molar-refractivity contribution is 8.00. The van der Waals surface area contributed by atoms with E-state index in [4.69, 9.17) is 14.2 Å². The summed E-state index contributed by atoms with van der Waals surface area (Å²) in [5.74, 6) is 1.03. The van der Waals surface area contributed by atoms with Gasteiger partial charge in [-0.2, -0.15) is 0 Å². The number of thioether (sulfide) groups is 1. The van der Waals surface area contributed by atoms with E-state index >= 15 is 0 Å². The highest BCUT2D eigenvalue weighted by atomic mass is 32.2. The maximum atomic E-state index is 14.0. The lowest BCUT2D eigenvalue weighted by atomic mass is 9.94. The number of amides is 1. The van der Waals surface area contributed by atoms with Gasteiger partial charge in [0, 0.05) is 17.7 Å². The topological polar surface area (TPSA) is 111 Å². The summed E-state index contributed by atoms with van der Waals surface area (Å²) < 4.78 is 18.6. The van der Waals surface area contributed by atoms with E-state index in [0.29, 0.717) is 58.3 Å². The largest absolute Gasteiger partial charge is 0.507 e. The molecule has 2 aliphatic rings. The van der Waals surface area contributed by atoms with Gasteiger partial charge >= 0.3 is 5.91 Å². The van der Waals surface area contributed by atoms with Gasteiger partial charge in [-0.25, -0.2) is 0 Å². The third kappa shape index (κ3) is 7.05. The number of rotatable bonds is 12. The zero-order valence-corrected chi connectivity index (χ0v) is 30.6. The molecule has 0 aliphatic carbocycles. The Morgan fingerprint density at radius 2 is 1.84 bits per heavy atom. The number of hydrogen-bond donors (Lipinski definition) is 1. The predicted molar refractivity (Wildman–Crippen MR) is 201 cm³/mol. The second-order valence-corrected chi connectivity index (χ2v) is 15.3. The average Bonchev–Trinajstić information content (AvgIpc) is 3.82. The standard InChI is InChI=1S/C40H39N3O6S2/c1-5-47-33-21-26(13-16-32(33)48-18-17-23(2)3)35-34(36(44)27-14-15-31-29(20-27)19-24(4)49-31)37(45)38(46)43(35)39-41-42-40(51-39)50-22-28-11-8-10-25-9-6-7-12-30(25)28/h6-16,20-21,23-24,35,44H,5,17-19,22H2,1-4H3/b36-34+/t24-,35-/m0/s1. The van der Waals surface area contributed by atoms with Crippen molar-refractivity contribution in [2.24, 2.45) is 5.92 Å². The fourth-order valence-corrected chi connectivity index (χ4v) is 8.34. The molecular formula is C40H39N3O6S2. The highest BCUT2D eigenvalue weighted by Crippen LogP contribution is 2.46. The molecule has 4 aromatic carbocycles. The Morgan fingerprint density at radius 3 is 2.67 bits per heavy atom. The number of aromatic nitrogens is 2. The minimum absolute atomic E-state index is 0.00585. The number of carbonyl (C=O) groups is 2. The second-order valence-electron chi connectivity index (χ2n) is 13.1. The van der Waals surface area contributed by atoms with Crippen molar-refractivity contribution in [3.05, 3.63) is 107 Å². The van der Waals surface area contributed by atoms with Gasteiger partial charge in [-0.05, 0) is 84.0 Å². The van der Waals surface area contributed by atoms with E-state index in [0.717, 1.165) is 34.1 Å². The fourth-order valence-electron chi connectivity index (χ4n) is 6.47. The third-order valence-corrected chi connectivity index (χ3v) is 11.1. The lowest BCUT2D eigenvalue weighted by Gasteiger charge is -2.24. The Morgan fingerprint density at radius 1 is 1.02 bits per heavy atom. The van der Waals surface area contributed by atoms with Crippen molar-refractivity contribution in [2.45, 2.75) is 62.8 Å². The molecule has 9 nitrogen and oxygen atoms in total. The van der Waals surface area contributed by atoms with Crippen molar-refractivity contribution in [3.8, 4) is 17.2 Å². The monoisotopic (exact) mass is 721 g/mol. The lowest BCUT2D eigenvalue weighted by Crippen LogP contribution is -2.29. The lowest BCUT2D eigenvalue weighted by molar-refractivity contribution is -0.132. The Balaban J connectivity index is 1.27. The van der Waals surface area contributed by atoms with E-state index < -0.39 is 17.7 Å². The van der Waals surface area contributed by atoms with Crippen molar-refractivity contribution < 1.29 is 28.9 Å². The van der Waals surface area contributed by atoms with E-state index in [1.54, 1.807) is 30.3 Å². The molecule has 7 rings (SSSR count). The van der Waals surface area contributed by atoms with Crippen LogP contribution in [0.2, 0.25) is 0 Å². The summed E-state index contributed by atoms with van der Waals surface area (Å²) in [4.78, 5) is 29.3. The van der Waals surface area contributed by atoms with Crippen LogP contribution in [-0.4, -0.2) is 46.3 Å². The molecule has 0 unspecified atom stereocenters. The van der Waals surface area contributed by atoms with E-state index in [1.165, 1.54) is 28.0 Å². The summed E-state index contributed by atoms with van der Waals surface area (Å²) in [6, 6.07) is 24.1. The number of aliphatic hydroxyl groups excluding tert-OH is 1. The van der Waals surface area contributed by atoms with Gasteiger partial charge in [0.05, 0.1) is 24.8 Å². The molecule has 0 radical (unpaired) electrons. The number of nitrogens with zero attached hydrogens (tertiary/aromatic N) is 3. The molecule has 1 fully saturated rings. The fraction of sp³-hybridized carbons (Fsp3) is 0.300. The number of carbonyl (C=O) groups excluding carboxylic acids is 2. The Hall–Kier alpha value is -4.87. The first-order valence-electron chi connectivity index (χ1n) is 17.1. The number of ether oxygens (including phenoxy) is 3. The van der Waals surface area contributed by atoms with Crippen LogP contribution in [0.4, 0.5) is 5.13 Å². The van der Waals surface area contributed by atoms with Crippen LogP contribution in [0.3, 0.4) is 0 Å². The number of ketones is 1. The molecule has 0 bridgehead atoms. The summed E-state index contributed by atoms with van der Waals surface area (Å²) in [6.07, 6.45) is 1.55. The average molecular weight is 722 g/mol. The highest BCUT2D eigenvalue weighted by Gasteiger charge is 2.48. The van der Waals surface area contributed by atoms with E-state index in [-0.39, 0.29) is 22.6 Å². The number of anilines is 1. The summed E-state index contributed by atoms with van der Waals surface area (Å²) in [6.45, 7) is 9.03. The number of aliphatic hydroxyl groups is 1. The predicted octanol–water partition coefficient (Wildman–Crippen LogP) is 8.76. The van der Waals surface area contributed by atoms with Crippen molar-refractivity contribution in [3.63, 3.8) is 0 Å². The molecule has 0 saturated carbocycles. The molecule has 2 aliphatic heterocycles. The van der Waals surface area contributed by atoms with Crippen LogP contribution in [0.25, 0.3) is 16.5 Å². The quantitative estimate of drug-likeness (QED) is 0.0445. The molecule has 1 saturated heterocycles. The van der Waals surface area contributed by atoms with Crippen molar-refractivity contribution in [1.29, 1.82) is 0 Å². The summed E-state index contributed by atoms with van der Waals surface area (Å²) in [5, 5.41) is 23.3. The summed E-state index contributed by atoms with van der Waals surface area (Å²) in [5.41, 5.74) is 3.04. The van der Waals surface area contributed by atoms with Gasteiger partial charge in [-0.15, -0.1) is 10.2 Å². The van der Waals surface area contributed by atoms with E-state index in [2.05, 4.69) is 48.3 Å². The Kier molecular flexibility index (Phi) is 10.0. The van der Waals surface area contributed by atoms with Crippen LogP contribution in [-0.2, 0) is 21.8 Å². The number of benzene rings is 4. The minimum atomic E-state index is -0.999. The molecule has 5 aromatic rings. The number of fused-ring (bicyclic) bond motifs is 2. The van der Waals surface area contributed by atoms with Gasteiger partial charge in [0.15, 0.2) is 15.8 Å². The maximum absolute atomic E-state index is 14.0. The summed E-state index contributed by atoms with van der Waals surface area (Å²) in [7, 11) is 0. The van der Waals surface area contributed by atoms with Crippen LogP contribution in [0.5, 0.6) is 17.2 Å². The van der Waals surface area contributed by atoms with Crippen LogP contribution in [0, 0.1) is 5.92 Å². The molecule has 1 aromatic heterocycles. The maximum Gasteiger partial charge on any atom is 0.301 e. The van der Waals surface area contributed by atoms with E-state index in [1.807, 2.05) is 38.1 Å². The van der Waals surface area contributed by atoms with Gasteiger partial charge in [0.1, 0.15) is 17.6 Å². The first kappa shape index (κ1) is 34.6. The molecule has 11 heteroatoms. The first-order chi connectivity index (χ1) is 24.7. The summed E-state index contributed by atoms with van der Waals surface area (Å²) >= 11 is 2.75. The second kappa shape index (κ2) is 14.8. The van der Waals surface area contributed by atoms with Crippen molar-refractivity contribution >= 4 is 56.5 Å². The molecule has 2 atom stereocenters. The van der Waals surface area contributed by atoms with Gasteiger partial charge in [-0.3, -0.25) is 14.5 Å². The third-order valence-electron chi connectivity index (χ3n) is 8.98. The van der Waals surface area contributed by atoms with E-state index in [9.17, 15) is 14.7 Å². The van der Waals surface area contributed by atoms with Crippen molar-refractivity contribution in [1.82, 2.24) is 10.2 Å². The molecular weight excluding hydrogens is 683 g/mol. The molecule has 51 heavy (non-hydrogen) atoms. The Bertz CT molecular complexity index is 2140. The number of Topliss-reactive ketones (excluding diaryl/α,β-unsaturated/α-hetero) is 1. The van der Waals surface area contributed by atoms with Gasteiger partial charge < -0.3 is 19.3 Å². The molecule has 3 heterocycles. The van der Waals surface area contributed by atoms with Crippen LogP contribution >= 0.6 is 23.1 Å². The normalized spacial score (nSPS) is 18.0. The van der Waals surface area contributed by atoms with Crippen molar-refractivity contribution in [2.75, 3.05) is 18.1 Å². The minimum Gasteiger partial charge on any atom is -0.507 e. The van der Waals surface area contributed by atoms with Crippen LogP contribution < -0.4 is 19.1 Å². The van der Waals surface area contributed by atoms with Crippen LogP contribution in [0.1, 0.15) is 62.4 Å². The smallest absolute Gasteiger partial charge is 0.301 e. The molecule has 1 N–H and O–H groups in total. The molecule has 262 valence electrons. The van der Waals surface area contributed by atoms with Gasteiger partial charge in [0.2, 0.25) is 5.13 Å². The SMILES string of the molecule is CCOc1cc([C@H]2/C(=C(\O)c3ccc4c(c3)C[C@H](C)O4)C(=O)C(=O)N2c2nnc(SCc3cccc4ccccc34)s2)ccc1OCCC(C)C.